The van der Waals surface area contributed by atoms with Crippen molar-refractivity contribution in [3.63, 3.8) is 0 Å². The first-order valence-corrected chi connectivity index (χ1v) is 14.8. The largest absolute Gasteiger partial charge is 0.497 e. The number of H-pyrrole nitrogens is 1. The lowest BCUT2D eigenvalue weighted by molar-refractivity contribution is -0.129. The van der Waals surface area contributed by atoms with Crippen molar-refractivity contribution in [1.29, 1.82) is 0 Å². The average Bonchev–Trinajstić information content (AvgIpc) is 3.30. The third-order valence-corrected chi connectivity index (χ3v) is 7.82. The Morgan fingerprint density at radius 2 is 1.93 bits per heavy atom. The summed E-state index contributed by atoms with van der Waals surface area (Å²) >= 11 is 0. The second kappa shape index (κ2) is 15.5. The number of nitrogens with one attached hydrogen (secondary N) is 3. The van der Waals surface area contributed by atoms with Crippen molar-refractivity contribution in [2.45, 2.75) is 64.5 Å². The molecule has 10 nitrogen and oxygen atoms in total. The van der Waals surface area contributed by atoms with Gasteiger partial charge in [-0.3, -0.25) is 19.5 Å². The molecule has 226 valence electrons. The number of rotatable bonds is 15. The maximum absolute atomic E-state index is 13.6. The van der Waals surface area contributed by atoms with Gasteiger partial charge in [-0.15, -0.1) is 0 Å². The van der Waals surface area contributed by atoms with Crippen LogP contribution < -0.4 is 15.4 Å². The molecule has 2 atom stereocenters. The topological polar surface area (TPSA) is 126 Å². The van der Waals surface area contributed by atoms with Gasteiger partial charge in [-0.1, -0.05) is 18.9 Å². The summed E-state index contributed by atoms with van der Waals surface area (Å²) in [6.07, 6.45) is 5.22. The molecular weight excluding hydrogens is 534 g/mol. The average molecular weight is 578 g/mol. The molecule has 0 spiro atoms. The van der Waals surface area contributed by atoms with Gasteiger partial charge in [0, 0.05) is 48.8 Å². The fourth-order valence-electron chi connectivity index (χ4n) is 5.49. The maximum Gasteiger partial charge on any atom is 0.242 e. The van der Waals surface area contributed by atoms with E-state index in [1.807, 2.05) is 43.3 Å². The van der Waals surface area contributed by atoms with Crippen molar-refractivity contribution in [3.8, 4) is 5.75 Å². The highest BCUT2D eigenvalue weighted by Gasteiger charge is 2.27. The number of carbonyl (C=O) groups excluding carboxylic acids is 3. The number of amides is 2. The Labute approximate surface area is 247 Å². The number of Topliss-reactive ketones (excluding diaryl/α,β-unsaturated/α-hetero) is 1. The quantitative estimate of drug-likeness (QED) is 0.236. The second-order valence-electron chi connectivity index (χ2n) is 10.9. The van der Waals surface area contributed by atoms with Crippen LogP contribution in [-0.4, -0.2) is 78.5 Å². The van der Waals surface area contributed by atoms with Crippen LogP contribution in [0.5, 0.6) is 5.75 Å². The Bertz CT molecular complexity index is 1340. The molecule has 0 saturated carbocycles. The Balaban J connectivity index is 1.45. The van der Waals surface area contributed by atoms with E-state index in [1.165, 1.54) is 0 Å². The highest BCUT2D eigenvalue weighted by molar-refractivity contribution is 5.93. The summed E-state index contributed by atoms with van der Waals surface area (Å²) < 4.78 is 10.9. The van der Waals surface area contributed by atoms with E-state index in [4.69, 9.17) is 9.47 Å². The molecule has 1 aliphatic rings. The van der Waals surface area contributed by atoms with E-state index < -0.39 is 6.04 Å². The molecule has 1 aromatic carbocycles. The number of hydrogen-bond donors (Lipinski definition) is 3. The first kappa shape index (κ1) is 31.2. The molecule has 1 fully saturated rings. The van der Waals surface area contributed by atoms with Crippen LogP contribution in [0.2, 0.25) is 0 Å². The third-order valence-electron chi connectivity index (χ3n) is 7.82. The van der Waals surface area contributed by atoms with E-state index in [1.54, 1.807) is 20.2 Å². The van der Waals surface area contributed by atoms with Crippen LogP contribution >= 0.6 is 0 Å². The van der Waals surface area contributed by atoms with Crippen LogP contribution in [0.15, 0.2) is 42.6 Å². The van der Waals surface area contributed by atoms with Gasteiger partial charge in [0.05, 0.1) is 38.5 Å². The summed E-state index contributed by atoms with van der Waals surface area (Å²) in [5.74, 6) is 0.433. The molecular formula is C32H43N5O5. The molecule has 4 rings (SSSR count). The number of carbonyl (C=O) groups is 3. The lowest BCUT2D eigenvalue weighted by atomic mass is 10.0. The van der Waals surface area contributed by atoms with Crippen molar-refractivity contribution < 1.29 is 23.9 Å². The highest BCUT2D eigenvalue weighted by atomic mass is 16.5. The predicted molar refractivity (Wildman–Crippen MR) is 161 cm³/mol. The van der Waals surface area contributed by atoms with Gasteiger partial charge in [0.1, 0.15) is 17.6 Å². The molecule has 2 aromatic heterocycles. The number of pyridine rings is 1. The number of aromatic amines is 1. The second-order valence-corrected chi connectivity index (χ2v) is 10.9. The van der Waals surface area contributed by atoms with Gasteiger partial charge in [0.25, 0.3) is 0 Å². The van der Waals surface area contributed by atoms with Crippen molar-refractivity contribution in [1.82, 2.24) is 25.5 Å². The Morgan fingerprint density at radius 3 is 2.64 bits per heavy atom. The van der Waals surface area contributed by atoms with Gasteiger partial charge in [-0.2, -0.15) is 0 Å². The minimum Gasteiger partial charge on any atom is -0.497 e. The third kappa shape index (κ3) is 8.62. The summed E-state index contributed by atoms with van der Waals surface area (Å²) in [4.78, 5) is 48.4. The number of fused-ring (bicyclic) bond motifs is 1. The summed E-state index contributed by atoms with van der Waals surface area (Å²) in [6, 6.07) is 10.7. The minimum atomic E-state index is -0.691. The van der Waals surface area contributed by atoms with E-state index in [0.29, 0.717) is 38.3 Å². The molecule has 3 aromatic rings. The van der Waals surface area contributed by atoms with Crippen molar-refractivity contribution in [2.75, 3.05) is 40.0 Å². The molecule has 3 heterocycles. The molecule has 3 N–H and O–H groups in total. The molecule has 42 heavy (non-hydrogen) atoms. The van der Waals surface area contributed by atoms with Gasteiger partial charge in [-0.05, 0) is 62.6 Å². The number of morpholine rings is 1. The zero-order chi connectivity index (χ0) is 29.9. The number of aryl methyl sites for hydroxylation is 1. The fourth-order valence-corrected chi connectivity index (χ4v) is 5.49. The first-order chi connectivity index (χ1) is 20.4. The van der Waals surface area contributed by atoms with Crippen molar-refractivity contribution >= 4 is 28.5 Å². The van der Waals surface area contributed by atoms with Crippen LogP contribution in [-0.2, 0) is 25.5 Å². The highest BCUT2D eigenvalue weighted by Crippen LogP contribution is 2.27. The Hall–Kier alpha value is -3.76. The molecule has 2 amide bonds. The van der Waals surface area contributed by atoms with Gasteiger partial charge in [0.15, 0.2) is 0 Å². The minimum absolute atomic E-state index is 0.102. The van der Waals surface area contributed by atoms with E-state index in [0.717, 1.165) is 60.2 Å². The number of hydrogen-bond acceptors (Lipinski definition) is 7. The maximum atomic E-state index is 13.6. The molecule has 1 saturated heterocycles. The monoisotopic (exact) mass is 577 g/mol. The fraction of sp³-hybridized carbons (Fsp3) is 0.500. The molecule has 1 aliphatic heterocycles. The van der Waals surface area contributed by atoms with E-state index >= 15 is 0 Å². The number of ether oxygens (including phenoxy) is 2. The molecule has 10 heteroatoms. The molecule has 0 radical (unpaired) electrons. The smallest absolute Gasteiger partial charge is 0.242 e. The van der Waals surface area contributed by atoms with Crippen LogP contribution in [0.3, 0.4) is 0 Å². The van der Waals surface area contributed by atoms with Crippen molar-refractivity contribution in [3.05, 3.63) is 59.5 Å². The van der Waals surface area contributed by atoms with Crippen molar-refractivity contribution in [2.24, 2.45) is 0 Å². The van der Waals surface area contributed by atoms with E-state index in [2.05, 4.69) is 25.5 Å². The summed E-state index contributed by atoms with van der Waals surface area (Å²) in [5, 5.41) is 7.04. The summed E-state index contributed by atoms with van der Waals surface area (Å²) in [5.41, 5.74) is 3.60. The molecule has 0 aliphatic carbocycles. The zero-order valence-electron chi connectivity index (χ0n) is 24.9. The number of methoxy groups -OCH3 is 1. The van der Waals surface area contributed by atoms with Gasteiger partial charge in [-0.25, -0.2) is 0 Å². The van der Waals surface area contributed by atoms with Gasteiger partial charge >= 0.3 is 0 Å². The van der Waals surface area contributed by atoms with Crippen LogP contribution in [0.1, 0.15) is 62.0 Å². The first-order valence-electron chi connectivity index (χ1n) is 14.8. The Morgan fingerprint density at radius 1 is 1.12 bits per heavy atom. The predicted octanol–water partition coefficient (Wildman–Crippen LogP) is 3.64. The molecule has 0 bridgehead atoms. The van der Waals surface area contributed by atoms with Gasteiger partial charge < -0.3 is 29.9 Å². The normalized spacial score (nSPS) is 15.2. The van der Waals surface area contributed by atoms with E-state index in [-0.39, 0.29) is 30.1 Å². The summed E-state index contributed by atoms with van der Waals surface area (Å²) in [6.45, 7) is 6.67. The van der Waals surface area contributed by atoms with E-state index in [9.17, 15) is 14.4 Å². The lowest BCUT2D eigenvalue weighted by Crippen LogP contribution is -2.50. The van der Waals surface area contributed by atoms with Crippen LogP contribution in [0.25, 0.3) is 10.9 Å². The molecule has 2 unspecified atom stereocenters. The lowest BCUT2D eigenvalue weighted by Gasteiger charge is -2.34. The van der Waals surface area contributed by atoms with Crippen LogP contribution in [0.4, 0.5) is 0 Å². The number of nitrogens with zero attached hydrogens (tertiary/aromatic N) is 2. The standard InChI is InChI=1S/C32H43N5O5/c1-22(38)9-5-4-6-11-29(36-31(39)20-25-23(2)35-27-13-12-24(41-3)19-26(25)27)32(40)34-21-30(28-10-7-8-14-33-28)37-15-17-42-18-16-37/h7-8,10,12-14,19,29-30,35H,4-6,9,11,15-18,20-21H2,1-3H3,(H,34,40)(H,36,39). The Kier molecular flexibility index (Phi) is 11.5. The number of ketones is 1. The summed E-state index contributed by atoms with van der Waals surface area (Å²) in [7, 11) is 1.62. The SMILES string of the molecule is COc1ccc2[nH]c(C)c(CC(=O)NC(CCCCCC(C)=O)C(=O)NCC(c3ccccn3)N3CCOCC3)c2c1. The van der Waals surface area contributed by atoms with Gasteiger partial charge in [0.2, 0.25) is 11.8 Å². The zero-order valence-corrected chi connectivity index (χ0v) is 24.9. The number of benzene rings is 1. The number of aromatic nitrogens is 2. The number of unbranched alkanes of at least 4 members (excludes halogenated alkanes) is 2. The van der Waals surface area contributed by atoms with Crippen LogP contribution in [0, 0.1) is 6.92 Å².